The zero-order valence-electron chi connectivity index (χ0n) is 7.79. The molecule has 0 spiro atoms. The van der Waals surface area contributed by atoms with Gasteiger partial charge in [0.25, 0.3) is 0 Å². The maximum absolute atomic E-state index is 9.52. The summed E-state index contributed by atoms with van der Waals surface area (Å²) in [6.45, 7) is 1.84. The Bertz CT molecular complexity index is 273. The standard InChI is InChI=1S/C9H13O4P/c1-7-2-4-8(5-3-7)9(10)6-13-14(11)12/h2-5,9-12H,6H2,1H3. The smallest absolute Gasteiger partial charge is 0.327 e. The average Bonchev–Trinajstić information content (AvgIpc) is 2.15. The summed E-state index contributed by atoms with van der Waals surface area (Å²) in [4.78, 5) is 17.0. The summed E-state index contributed by atoms with van der Waals surface area (Å²) in [5.41, 5.74) is 1.81. The predicted molar refractivity (Wildman–Crippen MR) is 53.4 cm³/mol. The van der Waals surface area contributed by atoms with Crippen molar-refractivity contribution in [3.63, 3.8) is 0 Å². The van der Waals surface area contributed by atoms with Gasteiger partial charge in [0.2, 0.25) is 0 Å². The Balaban J connectivity index is 2.52. The lowest BCUT2D eigenvalue weighted by atomic mass is 10.1. The zero-order valence-corrected chi connectivity index (χ0v) is 8.69. The molecule has 0 aliphatic heterocycles. The lowest BCUT2D eigenvalue weighted by Gasteiger charge is -2.11. The maximum atomic E-state index is 9.52. The highest BCUT2D eigenvalue weighted by molar-refractivity contribution is 7.39. The first-order chi connectivity index (χ1) is 6.59. The van der Waals surface area contributed by atoms with E-state index in [9.17, 15) is 5.11 Å². The van der Waals surface area contributed by atoms with Crippen molar-refractivity contribution in [1.82, 2.24) is 0 Å². The number of aliphatic hydroxyl groups is 1. The molecule has 78 valence electrons. The van der Waals surface area contributed by atoms with Crippen molar-refractivity contribution >= 4 is 8.60 Å². The molecule has 14 heavy (non-hydrogen) atoms. The van der Waals surface area contributed by atoms with E-state index in [1.54, 1.807) is 12.1 Å². The summed E-state index contributed by atoms with van der Waals surface area (Å²) in [7, 11) is -2.39. The Morgan fingerprint density at radius 2 is 1.86 bits per heavy atom. The third-order valence-corrected chi connectivity index (χ3v) is 2.19. The van der Waals surface area contributed by atoms with Gasteiger partial charge in [0.1, 0.15) is 6.10 Å². The van der Waals surface area contributed by atoms with Crippen molar-refractivity contribution in [3.05, 3.63) is 35.4 Å². The van der Waals surface area contributed by atoms with Crippen LogP contribution in [0.3, 0.4) is 0 Å². The molecule has 0 saturated heterocycles. The fourth-order valence-electron chi connectivity index (χ4n) is 1.02. The van der Waals surface area contributed by atoms with Crippen molar-refractivity contribution in [1.29, 1.82) is 0 Å². The lowest BCUT2D eigenvalue weighted by Crippen LogP contribution is -2.04. The second kappa shape index (κ2) is 5.39. The fourth-order valence-corrected chi connectivity index (χ4v) is 1.30. The SMILES string of the molecule is Cc1ccc(C(O)COP(O)O)cc1. The Morgan fingerprint density at radius 3 is 2.36 bits per heavy atom. The zero-order chi connectivity index (χ0) is 10.6. The van der Waals surface area contributed by atoms with E-state index in [4.69, 9.17) is 9.79 Å². The molecule has 4 nitrogen and oxygen atoms in total. The third kappa shape index (κ3) is 3.70. The number of aryl methyl sites for hydroxylation is 1. The molecule has 5 heteroatoms. The lowest BCUT2D eigenvalue weighted by molar-refractivity contribution is 0.0992. The van der Waals surface area contributed by atoms with E-state index in [0.717, 1.165) is 5.56 Å². The van der Waals surface area contributed by atoms with Gasteiger partial charge >= 0.3 is 8.60 Å². The van der Waals surface area contributed by atoms with Crippen LogP contribution in [-0.2, 0) is 4.52 Å². The number of hydrogen-bond acceptors (Lipinski definition) is 4. The summed E-state index contributed by atoms with van der Waals surface area (Å²) in [5, 5.41) is 9.52. The van der Waals surface area contributed by atoms with E-state index in [0.29, 0.717) is 5.56 Å². The first kappa shape index (κ1) is 11.6. The summed E-state index contributed by atoms with van der Waals surface area (Å²) in [6, 6.07) is 7.30. The van der Waals surface area contributed by atoms with Crippen molar-refractivity contribution in [3.8, 4) is 0 Å². The van der Waals surface area contributed by atoms with E-state index >= 15 is 0 Å². The van der Waals surface area contributed by atoms with Gasteiger partial charge in [0.05, 0.1) is 6.61 Å². The monoisotopic (exact) mass is 216 g/mol. The predicted octanol–water partition coefficient (Wildman–Crippen LogP) is 1.26. The van der Waals surface area contributed by atoms with Gasteiger partial charge in [0.15, 0.2) is 0 Å². The molecule has 1 aromatic carbocycles. The van der Waals surface area contributed by atoms with Gasteiger partial charge in [-0.2, -0.15) is 0 Å². The van der Waals surface area contributed by atoms with Gasteiger partial charge in [0, 0.05) is 0 Å². The molecule has 1 rings (SSSR count). The molecular weight excluding hydrogens is 203 g/mol. The van der Waals surface area contributed by atoms with Crippen LogP contribution in [0.5, 0.6) is 0 Å². The maximum Gasteiger partial charge on any atom is 0.327 e. The molecule has 0 aliphatic carbocycles. The van der Waals surface area contributed by atoms with Crippen LogP contribution >= 0.6 is 8.60 Å². The molecule has 0 fully saturated rings. The van der Waals surface area contributed by atoms with Crippen LogP contribution in [0.15, 0.2) is 24.3 Å². The highest BCUT2D eigenvalue weighted by Gasteiger charge is 2.09. The molecule has 0 aliphatic rings. The van der Waals surface area contributed by atoms with Crippen LogP contribution in [0, 0.1) is 6.92 Å². The van der Waals surface area contributed by atoms with Gasteiger partial charge in [-0.15, -0.1) is 0 Å². The minimum atomic E-state index is -2.39. The van der Waals surface area contributed by atoms with Gasteiger partial charge in [-0.05, 0) is 12.5 Å². The van der Waals surface area contributed by atoms with E-state index in [1.165, 1.54) is 0 Å². The summed E-state index contributed by atoms with van der Waals surface area (Å²) in [5.74, 6) is 0. The van der Waals surface area contributed by atoms with Crippen LogP contribution in [0.2, 0.25) is 0 Å². The van der Waals surface area contributed by atoms with E-state index < -0.39 is 14.7 Å². The Hall–Kier alpha value is -0.510. The molecule has 0 radical (unpaired) electrons. The van der Waals surface area contributed by atoms with Crippen LogP contribution in [-0.4, -0.2) is 21.5 Å². The topological polar surface area (TPSA) is 69.9 Å². The molecule has 0 bridgehead atoms. The van der Waals surface area contributed by atoms with Crippen molar-refractivity contribution in [2.45, 2.75) is 13.0 Å². The van der Waals surface area contributed by atoms with Crippen LogP contribution < -0.4 is 0 Å². The normalized spacial score (nSPS) is 13.2. The van der Waals surface area contributed by atoms with E-state index in [-0.39, 0.29) is 6.61 Å². The summed E-state index contributed by atoms with van der Waals surface area (Å²) >= 11 is 0. The van der Waals surface area contributed by atoms with Crippen molar-refractivity contribution in [2.24, 2.45) is 0 Å². The molecule has 0 saturated carbocycles. The van der Waals surface area contributed by atoms with Gasteiger partial charge in [-0.1, -0.05) is 29.8 Å². The number of benzene rings is 1. The quantitative estimate of drug-likeness (QED) is 0.662. The van der Waals surface area contributed by atoms with Crippen LogP contribution in [0.25, 0.3) is 0 Å². The highest BCUT2D eigenvalue weighted by atomic mass is 31.2. The molecule has 0 heterocycles. The second-order valence-electron chi connectivity index (χ2n) is 2.97. The highest BCUT2D eigenvalue weighted by Crippen LogP contribution is 2.27. The Kier molecular flexibility index (Phi) is 4.45. The van der Waals surface area contributed by atoms with Gasteiger partial charge in [-0.3, -0.25) is 0 Å². The summed E-state index contributed by atoms with van der Waals surface area (Å²) in [6.07, 6.45) is -0.820. The van der Waals surface area contributed by atoms with E-state index in [2.05, 4.69) is 4.52 Å². The molecular formula is C9H13O4P. The second-order valence-corrected chi connectivity index (χ2v) is 3.74. The van der Waals surface area contributed by atoms with Crippen molar-refractivity contribution < 1.29 is 19.4 Å². The largest absolute Gasteiger partial charge is 0.386 e. The summed E-state index contributed by atoms with van der Waals surface area (Å²) < 4.78 is 4.51. The molecule has 0 aromatic heterocycles. The molecule has 0 amide bonds. The number of aliphatic hydroxyl groups excluding tert-OH is 1. The minimum absolute atomic E-state index is 0.109. The Morgan fingerprint density at radius 1 is 1.29 bits per heavy atom. The Labute approximate surface area is 83.8 Å². The first-order valence-electron chi connectivity index (χ1n) is 4.15. The molecule has 3 N–H and O–H groups in total. The fraction of sp³-hybridized carbons (Fsp3) is 0.333. The van der Waals surface area contributed by atoms with Crippen LogP contribution in [0.1, 0.15) is 17.2 Å². The number of hydrogen-bond donors (Lipinski definition) is 3. The number of rotatable bonds is 4. The van der Waals surface area contributed by atoms with E-state index in [1.807, 2.05) is 19.1 Å². The molecule has 1 aromatic rings. The molecule has 1 unspecified atom stereocenters. The molecule has 1 atom stereocenters. The van der Waals surface area contributed by atoms with Crippen molar-refractivity contribution in [2.75, 3.05) is 6.61 Å². The first-order valence-corrected chi connectivity index (χ1v) is 5.31. The van der Waals surface area contributed by atoms with Gasteiger partial charge in [-0.25, -0.2) is 0 Å². The average molecular weight is 216 g/mol. The third-order valence-electron chi connectivity index (χ3n) is 1.81. The minimum Gasteiger partial charge on any atom is -0.386 e. The van der Waals surface area contributed by atoms with Crippen LogP contribution in [0.4, 0.5) is 0 Å². The van der Waals surface area contributed by atoms with Gasteiger partial charge < -0.3 is 19.4 Å².